The van der Waals surface area contributed by atoms with Crippen LogP contribution < -0.4 is 5.32 Å². The topological polar surface area (TPSA) is 55.1 Å². The molecule has 1 aromatic heterocycles. The van der Waals surface area contributed by atoms with Crippen molar-refractivity contribution in [3.63, 3.8) is 0 Å². The monoisotopic (exact) mass is 352 g/mol. The SMILES string of the molecule is Cc1ccc(C)c(NC(=O)c2ccccc2SCc2cc(C)no2)c1. The van der Waals surface area contributed by atoms with E-state index >= 15 is 0 Å². The molecular weight excluding hydrogens is 332 g/mol. The van der Waals surface area contributed by atoms with Gasteiger partial charge in [0.1, 0.15) is 5.76 Å². The van der Waals surface area contributed by atoms with Gasteiger partial charge in [0.25, 0.3) is 5.91 Å². The first kappa shape index (κ1) is 17.3. The van der Waals surface area contributed by atoms with Crippen LogP contribution in [0.4, 0.5) is 5.69 Å². The number of carbonyl (C=O) groups is 1. The Morgan fingerprint density at radius 2 is 1.92 bits per heavy atom. The Kier molecular flexibility index (Phi) is 5.24. The summed E-state index contributed by atoms with van der Waals surface area (Å²) in [6.07, 6.45) is 0. The van der Waals surface area contributed by atoms with Gasteiger partial charge in [-0.15, -0.1) is 11.8 Å². The quantitative estimate of drug-likeness (QED) is 0.646. The zero-order valence-electron chi connectivity index (χ0n) is 14.5. The summed E-state index contributed by atoms with van der Waals surface area (Å²) < 4.78 is 5.24. The normalized spacial score (nSPS) is 10.7. The standard InChI is InChI=1S/C20H20N2O2S/c1-13-8-9-14(2)18(10-13)21-20(23)17-6-4-5-7-19(17)25-12-16-11-15(3)22-24-16/h4-11H,12H2,1-3H3,(H,21,23). The third-order valence-corrected chi connectivity index (χ3v) is 4.92. The molecule has 0 radical (unpaired) electrons. The summed E-state index contributed by atoms with van der Waals surface area (Å²) in [5.41, 5.74) is 4.52. The summed E-state index contributed by atoms with van der Waals surface area (Å²) in [5.74, 6) is 1.33. The molecular formula is C20H20N2O2S. The van der Waals surface area contributed by atoms with Crippen molar-refractivity contribution in [1.82, 2.24) is 5.16 Å². The van der Waals surface area contributed by atoms with Crippen LogP contribution in [0, 0.1) is 20.8 Å². The zero-order valence-corrected chi connectivity index (χ0v) is 15.3. The van der Waals surface area contributed by atoms with Crippen LogP contribution in [-0.4, -0.2) is 11.1 Å². The molecule has 3 rings (SSSR count). The average Bonchev–Trinajstić information content (AvgIpc) is 3.02. The minimum Gasteiger partial charge on any atom is -0.360 e. The summed E-state index contributed by atoms with van der Waals surface area (Å²) in [4.78, 5) is 13.7. The van der Waals surface area contributed by atoms with E-state index in [1.807, 2.05) is 69.3 Å². The summed E-state index contributed by atoms with van der Waals surface area (Å²) >= 11 is 1.57. The molecule has 0 aliphatic heterocycles. The van der Waals surface area contributed by atoms with E-state index in [4.69, 9.17) is 4.52 Å². The number of rotatable bonds is 5. The van der Waals surface area contributed by atoms with E-state index in [1.165, 1.54) is 0 Å². The van der Waals surface area contributed by atoms with Gasteiger partial charge in [-0.1, -0.05) is 29.4 Å². The van der Waals surface area contributed by atoms with Crippen molar-refractivity contribution < 1.29 is 9.32 Å². The molecule has 1 N–H and O–H groups in total. The molecule has 0 unspecified atom stereocenters. The summed E-state index contributed by atoms with van der Waals surface area (Å²) in [6.45, 7) is 5.89. The molecule has 3 aromatic rings. The lowest BCUT2D eigenvalue weighted by atomic mass is 10.1. The molecule has 0 fully saturated rings. The van der Waals surface area contributed by atoms with E-state index in [2.05, 4.69) is 10.5 Å². The van der Waals surface area contributed by atoms with E-state index in [-0.39, 0.29) is 5.91 Å². The minimum absolute atomic E-state index is 0.106. The lowest BCUT2D eigenvalue weighted by Crippen LogP contribution is -2.14. The Morgan fingerprint density at radius 3 is 2.68 bits per heavy atom. The summed E-state index contributed by atoms with van der Waals surface area (Å²) in [5, 5.41) is 6.91. The van der Waals surface area contributed by atoms with Gasteiger partial charge in [-0.25, -0.2) is 0 Å². The number of nitrogens with one attached hydrogen (secondary N) is 1. The summed E-state index contributed by atoms with van der Waals surface area (Å²) in [6, 6.07) is 15.5. The van der Waals surface area contributed by atoms with Crippen molar-refractivity contribution in [2.45, 2.75) is 31.4 Å². The number of nitrogens with zero attached hydrogens (tertiary/aromatic N) is 1. The highest BCUT2D eigenvalue weighted by Crippen LogP contribution is 2.27. The number of thioether (sulfide) groups is 1. The highest BCUT2D eigenvalue weighted by Gasteiger charge is 2.13. The number of hydrogen-bond acceptors (Lipinski definition) is 4. The third-order valence-electron chi connectivity index (χ3n) is 3.82. The molecule has 25 heavy (non-hydrogen) atoms. The van der Waals surface area contributed by atoms with Crippen LogP contribution in [0.2, 0.25) is 0 Å². The second-order valence-electron chi connectivity index (χ2n) is 5.99. The maximum atomic E-state index is 12.8. The number of aryl methyl sites for hydroxylation is 3. The zero-order chi connectivity index (χ0) is 17.8. The number of amides is 1. The molecule has 0 bridgehead atoms. The minimum atomic E-state index is -0.106. The first-order valence-corrected chi connectivity index (χ1v) is 9.04. The van der Waals surface area contributed by atoms with E-state index in [9.17, 15) is 4.79 Å². The maximum absolute atomic E-state index is 12.8. The highest BCUT2D eigenvalue weighted by molar-refractivity contribution is 7.98. The lowest BCUT2D eigenvalue weighted by Gasteiger charge is -2.12. The fourth-order valence-electron chi connectivity index (χ4n) is 2.47. The largest absolute Gasteiger partial charge is 0.360 e. The predicted molar refractivity (Wildman–Crippen MR) is 101 cm³/mol. The summed E-state index contributed by atoms with van der Waals surface area (Å²) in [7, 11) is 0. The first-order valence-electron chi connectivity index (χ1n) is 8.05. The second-order valence-corrected chi connectivity index (χ2v) is 7.01. The molecule has 2 aromatic carbocycles. The molecule has 0 aliphatic carbocycles. The molecule has 0 saturated carbocycles. The molecule has 4 nitrogen and oxygen atoms in total. The maximum Gasteiger partial charge on any atom is 0.256 e. The Labute approximate surface area is 151 Å². The van der Waals surface area contributed by atoms with Crippen molar-refractivity contribution in [3.8, 4) is 0 Å². The van der Waals surface area contributed by atoms with E-state index < -0.39 is 0 Å². The van der Waals surface area contributed by atoms with Gasteiger partial charge in [0.15, 0.2) is 0 Å². The van der Waals surface area contributed by atoms with Crippen LogP contribution in [0.25, 0.3) is 0 Å². The van der Waals surface area contributed by atoms with Gasteiger partial charge in [-0.3, -0.25) is 4.79 Å². The number of aromatic nitrogens is 1. The van der Waals surface area contributed by atoms with Crippen LogP contribution in [0.15, 0.2) is 57.9 Å². The predicted octanol–water partition coefficient (Wildman–Crippen LogP) is 5.14. The van der Waals surface area contributed by atoms with Crippen LogP contribution in [0.1, 0.15) is 32.9 Å². The van der Waals surface area contributed by atoms with Crippen molar-refractivity contribution in [2.75, 3.05) is 5.32 Å². The molecule has 128 valence electrons. The van der Waals surface area contributed by atoms with Crippen molar-refractivity contribution >= 4 is 23.4 Å². The number of benzene rings is 2. The highest BCUT2D eigenvalue weighted by atomic mass is 32.2. The van der Waals surface area contributed by atoms with E-state index in [0.717, 1.165) is 33.2 Å². The fraction of sp³-hybridized carbons (Fsp3) is 0.200. The van der Waals surface area contributed by atoms with Gasteiger partial charge in [-0.05, 0) is 50.1 Å². The van der Waals surface area contributed by atoms with Gasteiger partial charge in [-0.2, -0.15) is 0 Å². The second kappa shape index (κ2) is 7.57. The Hall–Kier alpha value is -2.53. The fourth-order valence-corrected chi connectivity index (χ4v) is 3.40. The molecule has 5 heteroatoms. The van der Waals surface area contributed by atoms with Crippen molar-refractivity contribution in [2.24, 2.45) is 0 Å². The molecule has 0 spiro atoms. The van der Waals surface area contributed by atoms with Gasteiger partial charge in [0, 0.05) is 16.6 Å². The van der Waals surface area contributed by atoms with Gasteiger partial charge < -0.3 is 9.84 Å². The molecule has 0 atom stereocenters. The molecule has 1 amide bonds. The number of anilines is 1. The Bertz CT molecular complexity index is 902. The van der Waals surface area contributed by atoms with Crippen molar-refractivity contribution in [1.29, 1.82) is 0 Å². The Morgan fingerprint density at radius 1 is 1.12 bits per heavy atom. The lowest BCUT2D eigenvalue weighted by molar-refractivity contribution is 0.102. The van der Waals surface area contributed by atoms with Gasteiger partial charge in [0.2, 0.25) is 0 Å². The van der Waals surface area contributed by atoms with Gasteiger partial charge >= 0.3 is 0 Å². The van der Waals surface area contributed by atoms with Crippen LogP contribution >= 0.6 is 11.8 Å². The van der Waals surface area contributed by atoms with E-state index in [1.54, 1.807) is 11.8 Å². The van der Waals surface area contributed by atoms with Gasteiger partial charge in [0.05, 0.1) is 17.0 Å². The first-order chi connectivity index (χ1) is 12.0. The van der Waals surface area contributed by atoms with Crippen LogP contribution in [0.3, 0.4) is 0 Å². The number of hydrogen-bond donors (Lipinski definition) is 1. The molecule has 1 heterocycles. The smallest absolute Gasteiger partial charge is 0.256 e. The van der Waals surface area contributed by atoms with Crippen LogP contribution in [0.5, 0.6) is 0 Å². The van der Waals surface area contributed by atoms with Crippen LogP contribution in [-0.2, 0) is 5.75 Å². The molecule has 0 saturated heterocycles. The number of carbonyl (C=O) groups excluding carboxylic acids is 1. The Balaban J connectivity index is 1.77. The van der Waals surface area contributed by atoms with Crippen molar-refractivity contribution in [3.05, 3.63) is 76.7 Å². The van der Waals surface area contributed by atoms with E-state index in [0.29, 0.717) is 11.3 Å². The molecule has 0 aliphatic rings. The average molecular weight is 352 g/mol. The third kappa shape index (κ3) is 4.31.